The van der Waals surface area contributed by atoms with Crippen molar-refractivity contribution >= 4 is 11.5 Å². The third-order valence-corrected chi connectivity index (χ3v) is 4.81. The number of benzene rings is 2. The lowest BCUT2D eigenvalue weighted by Crippen LogP contribution is -2.36. The predicted octanol–water partition coefficient (Wildman–Crippen LogP) is 3.13. The first kappa shape index (κ1) is 18.6. The second-order valence-electron chi connectivity index (χ2n) is 7.16. The summed E-state index contributed by atoms with van der Waals surface area (Å²) in [5, 5.41) is 0. The minimum atomic E-state index is -0.0402. The van der Waals surface area contributed by atoms with Crippen molar-refractivity contribution in [2.45, 2.75) is 6.42 Å². The SMILES string of the molecule is CN(C)CC(Cc1ccccc1)C(=O)c1ccc(N2CCOCC2)cc1. The maximum Gasteiger partial charge on any atom is 0.167 e. The molecule has 0 amide bonds. The maximum atomic E-state index is 13.1. The van der Waals surface area contributed by atoms with Gasteiger partial charge in [0.05, 0.1) is 13.2 Å². The molecule has 0 aromatic heterocycles. The first-order chi connectivity index (χ1) is 12.6. The van der Waals surface area contributed by atoms with E-state index in [0.29, 0.717) is 0 Å². The van der Waals surface area contributed by atoms with Crippen molar-refractivity contribution in [3.8, 4) is 0 Å². The molecule has 1 heterocycles. The van der Waals surface area contributed by atoms with E-state index in [1.165, 1.54) is 5.56 Å². The van der Waals surface area contributed by atoms with Crippen molar-refractivity contribution in [3.05, 3.63) is 65.7 Å². The molecule has 138 valence electrons. The lowest BCUT2D eigenvalue weighted by Gasteiger charge is -2.29. The summed E-state index contributed by atoms with van der Waals surface area (Å²) in [6.45, 7) is 4.10. The summed E-state index contributed by atoms with van der Waals surface area (Å²) >= 11 is 0. The third-order valence-electron chi connectivity index (χ3n) is 4.81. The van der Waals surface area contributed by atoms with Crippen LogP contribution < -0.4 is 4.90 Å². The molecule has 0 spiro atoms. The van der Waals surface area contributed by atoms with Crippen molar-refractivity contribution in [2.75, 3.05) is 51.8 Å². The number of Topliss-reactive ketones (excluding diaryl/α,β-unsaturated/α-hetero) is 1. The van der Waals surface area contributed by atoms with Crippen molar-refractivity contribution in [1.82, 2.24) is 4.90 Å². The van der Waals surface area contributed by atoms with Crippen LogP contribution in [-0.2, 0) is 11.2 Å². The molecule has 0 N–H and O–H groups in total. The van der Waals surface area contributed by atoms with Gasteiger partial charge in [0, 0.05) is 36.8 Å². The van der Waals surface area contributed by atoms with Crippen LogP contribution in [0.25, 0.3) is 0 Å². The van der Waals surface area contributed by atoms with Gasteiger partial charge >= 0.3 is 0 Å². The van der Waals surface area contributed by atoms with E-state index in [-0.39, 0.29) is 11.7 Å². The molecule has 26 heavy (non-hydrogen) atoms. The number of ketones is 1. The van der Waals surface area contributed by atoms with E-state index in [1.54, 1.807) is 0 Å². The summed E-state index contributed by atoms with van der Waals surface area (Å²) in [4.78, 5) is 17.5. The molecule has 4 nitrogen and oxygen atoms in total. The lowest BCUT2D eigenvalue weighted by atomic mass is 9.90. The van der Waals surface area contributed by atoms with E-state index in [4.69, 9.17) is 4.74 Å². The molecule has 1 aliphatic heterocycles. The first-order valence-electron chi connectivity index (χ1n) is 9.29. The van der Waals surface area contributed by atoms with Gasteiger partial charge in [-0.05, 0) is 50.3 Å². The highest BCUT2D eigenvalue weighted by molar-refractivity contribution is 5.98. The molecular weight excluding hydrogens is 324 g/mol. The Balaban J connectivity index is 1.73. The van der Waals surface area contributed by atoms with Crippen LogP contribution in [0.4, 0.5) is 5.69 Å². The fourth-order valence-corrected chi connectivity index (χ4v) is 3.47. The monoisotopic (exact) mass is 352 g/mol. The summed E-state index contributed by atoms with van der Waals surface area (Å²) in [5.74, 6) is 0.178. The van der Waals surface area contributed by atoms with E-state index in [2.05, 4.69) is 34.1 Å². The highest BCUT2D eigenvalue weighted by atomic mass is 16.5. The Morgan fingerprint density at radius 3 is 2.31 bits per heavy atom. The molecule has 2 aromatic carbocycles. The molecule has 4 heteroatoms. The molecule has 3 rings (SSSR count). The van der Waals surface area contributed by atoms with Gasteiger partial charge in [-0.3, -0.25) is 4.79 Å². The van der Waals surface area contributed by atoms with Gasteiger partial charge in [-0.15, -0.1) is 0 Å². The number of nitrogens with zero attached hydrogens (tertiary/aromatic N) is 2. The molecule has 2 aromatic rings. The average Bonchev–Trinajstić information content (AvgIpc) is 2.68. The van der Waals surface area contributed by atoms with E-state index in [9.17, 15) is 4.79 Å². The largest absolute Gasteiger partial charge is 0.378 e. The van der Waals surface area contributed by atoms with Crippen LogP contribution in [0, 0.1) is 5.92 Å². The van der Waals surface area contributed by atoms with E-state index in [0.717, 1.165) is 50.5 Å². The van der Waals surface area contributed by atoms with Gasteiger partial charge in [-0.2, -0.15) is 0 Å². The summed E-state index contributed by atoms with van der Waals surface area (Å²) in [6.07, 6.45) is 0.767. The Morgan fingerprint density at radius 1 is 1.04 bits per heavy atom. The summed E-state index contributed by atoms with van der Waals surface area (Å²) in [5.41, 5.74) is 3.17. The molecule has 0 saturated carbocycles. The molecule has 0 bridgehead atoms. The molecule has 1 atom stereocenters. The molecule has 0 aliphatic carbocycles. The Hall–Kier alpha value is -2.17. The standard InChI is InChI=1S/C22H28N2O2/c1-23(2)17-20(16-18-6-4-3-5-7-18)22(25)19-8-10-21(11-9-19)24-12-14-26-15-13-24/h3-11,20H,12-17H2,1-2H3. The number of hydrogen-bond acceptors (Lipinski definition) is 4. The van der Waals surface area contributed by atoms with Crippen LogP contribution in [0.15, 0.2) is 54.6 Å². The molecule has 1 saturated heterocycles. The molecule has 1 aliphatic rings. The van der Waals surface area contributed by atoms with Crippen LogP contribution in [-0.4, -0.2) is 57.6 Å². The van der Waals surface area contributed by atoms with Crippen molar-refractivity contribution in [3.63, 3.8) is 0 Å². The minimum Gasteiger partial charge on any atom is -0.378 e. The van der Waals surface area contributed by atoms with Gasteiger partial charge in [0.25, 0.3) is 0 Å². The van der Waals surface area contributed by atoms with Crippen molar-refractivity contribution in [1.29, 1.82) is 0 Å². The maximum absolute atomic E-state index is 13.1. The molecular formula is C22H28N2O2. The Kier molecular flexibility index (Phi) is 6.42. The normalized spacial score (nSPS) is 15.9. The Labute approximate surface area is 156 Å². The van der Waals surface area contributed by atoms with Crippen LogP contribution >= 0.6 is 0 Å². The zero-order chi connectivity index (χ0) is 18.4. The summed E-state index contributed by atoms with van der Waals surface area (Å²) in [7, 11) is 4.04. The number of hydrogen-bond donors (Lipinski definition) is 0. The summed E-state index contributed by atoms with van der Waals surface area (Å²) in [6, 6.07) is 18.3. The van der Waals surface area contributed by atoms with Gasteiger partial charge in [0.15, 0.2) is 5.78 Å². The van der Waals surface area contributed by atoms with Crippen LogP contribution in [0.1, 0.15) is 15.9 Å². The van der Waals surface area contributed by atoms with Gasteiger partial charge in [0.1, 0.15) is 0 Å². The van der Waals surface area contributed by atoms with E-state index in [1.807, 2.05) is 44.4 Å². The van der Waals surface area contributed by atoms with Crippen LogP contribution in [0.2, 0.25) is 0 Å². The van der Waals surface area contributed by atoms with Gasteiger partial charge in [0.2, 0.25) is 0 Å². The third kappa shape index (κ3) is 4.93. The number of rotatable bonds is 7. The number of ether oxygens (including phenoxy) is 1. The van der Waals surface area contributed by atoms with Crippen LogP contribution in [0.3, 0.4) is 0 Å². The zero-order valence-electron chi connectivity index (χ0n) is 15.7. The van der Waals surface area contributed by atoms with Crippen molar-refractivity contribution in [2.24, 2.45) is 5.92 Å². The highest BCUT2D eigenvalue weighted by Gasteiger charge is 2.22. The number of morpholine rings is 1. The molecule has 1 fully saturated rings. The first-order valence-corrected chi connectivity index (χ1v) is 9.29. The van der Waals surface area contributed by atoms with Crippen LogP contribution in [0.5, 0.6) is 0 Å². The second kappa shape index (κ2) is 8.97. The lowest BCUT2D eigenvalue weighted by molar-refractivity contribution is 0.0896. The fraction of sp³-hybridized carbons (Fsp3) is 0.409. The average molecular weight is 352 g/mol. The van der Waals surface area contributed by atoms with E-state index < -0.39 is 0 Å². The number of anilines is 1. The Bertz CT molecular complexity index is 692. The number of carbonyl (C=O) groups excluding carboxylic acids is 1. The minimum absolute atomic E-state index is 0.0402. The van der Waals surface area contributed by atoms with E-state index >= 15 is 0 Å². The molecule has 1 unspecified atom stereocenters. The van der Waals surface area contributed by atoms with Gasteiger partial charge in [-0.25, -0.2) is 0 Å². The smallest absolute Gasteiger partial charge is 0.167 e. The topological polar surface area (TPSA) is 32.8 Å². The summed E-state index contributed by atoms with van der Waals surface area (Å²) < 4.78 is 5.41. The van der Waals surface area contributed by atoms with Crippen molar-refractivity contribution < 1.29 is 9.53 Å². The predicted molar refractivity (Wildman–Crippen MR) is 106 cm³/mol. The molecule has 0 radical (unpaired) electrons. The van der Waals surface area contributed by atoms with Gasteiger partial charge < -0.3 is 14.5 Å². The Morgan fingerprint density at radius 2 is 1.69 bits per heavy atom. The zero-order valence-corrected chi connectivity index (χ0v) is 15.7. The highest BCUT2D eigenvalue weighted by Crippen LogP contribution is 2.20. The quantitative estimate of drug-likeness (QED) is 0.717. The fourth-order valence-electron chi connectivity index (χ4n) is 3.47. The number of carbonyl (C=O) groups is 1. The van der Waals surface area contributed by atoms with Gasteiger partial charge in [-0.1, -0.05) is 30.3 Å². The second-order valence-corrected chi connectivity index (χ2v) is 7.16.